The Balaban J connectivity index is 2.37. The van der Waals surface area contributed by atoms with Crippen LogP contribution < -0.4 is 9.80 Å². The van der Waals surface area contributed by atoms with Crippen molar-refractivity contribution in [3.63, 3.8) is 0 Å². The molecule has 0 aliphatic carbocycles. The lowest BCUT2D eigenvalue weighted by Crippen LogP contribution is -2.31. The lowest BCUT2D eigenvalue weighted by atomic mass is 10.1. The first-order valence-corrected chi connectivity index (χ1v) is 7.19. The molecular weight excluding hydrogens is 260 g/mol. The predicted molar refractivity (Wildman–Crippen MR) is 89.3 cm³/mol. The number of anilines is 2. The Morgan fingerprint density at radius 3 is 2.38 bits per heavy atom. The molecule has 0 spiro atoms. The van der Waals surface area contributed by atoms with Crippen molar-refractivity contribution in [1.82, 2.24) is 0 Å². The Labute approximate surface area is 126 Å². The zero-order valence-electron chi connectivity index (χ0n) is 13.1. The summed E-state index contributed by atoms with van der Waals surface area (Å²) in [4.78, 5) is 16.6. The van der Waals surface area contributed by atoms with E-state index in [0.29, 0.717) is 12.1 Å². The molecule has 21 heavy (non-hydrogen) atoms. The number of hydrogen-bond acceptors (Lipinski definition) is 2. The average molecular weight is 282 g/mol. The van der Waals surface area contributed by atoms with Gasteiger partial charge in [0, 0.05) is 37.6 Å². The van der Waals surface area contributed by atoms with Crippen LogP contribution in [0.15, 0.2) is 48.5 Å². The van der Waals surface area contributed by atoms with E-state index in [4.69, 9.17) is 0 Å². The first kappa shape index (κ1) is 15.1. The standard InChI is InChI=1S/C18H22N2O/c1-5-20(17-12-7-6-9-14(17)2)18(21)15-10-8-11-16(13-15)19(3)4/h6-13H,5H2,1-4H3. The Kier molecular flexibility index (Phi) is 4.63. The molecule has 0 saturated heterocycles. The molecule has 0 atom stereocenters. The van der Waals surface area contributed by atoms with E-state index < -0.39 is 0 Å². The van der Waals surface area contributed by atoms with E-state index in [0.717, 1.165) is 16.9 Å². The summed E-state index contributed by atoms with van der Waals surface area (Å²) in [5, 5.41) is 0. The van der Waals surface area contributed by atoms with Crippen LogP contribution in [0.4, 0.5) is 11.4 Å². The molecular formula is C18H22N2O. The van der Waals surface area contributed by atoms with Gasteiger partial charge in [-0.15, -0.1) is 0 Å². The Bertz CT molecular complexity index is 635. The summed E-state index contributed by atoms with van der Waals surface area (Å²) in [6.07, 6.45) is 0. The minimum atomic E-state index is 0.0375. The second kappa shape index (κ2) is 6.44. The normalized spacial score (nSPS) is 10.3. The minimum Gasteiger partial charge on any atom is -0.378 e. The van der Waals surface area contributed by atoms with Gasteiger partial charge in [0.15, 0.2) is 0 Å². The van der Waals surface area contributed by atoms with Crippen LogP contribution in [0.5, 0.6) is 0 Å². The van der Waals surface area contributed by atoms with Crippen molar-refractivity contribution in [2.75, 3.05) is 30.4 Å². The number of carbonyl (C=O) groups excluding carboxylic acids is 1. The lowest BCUT2D eigenvalue weighted by molar-refractivity contribution is 0.0988. The molecule has 2 aromatic rings. The maximum atomic E-state index is 12.8. The van der Waals surface area contributed by atoms with Crippen molar-refractivity contribution in [3.05, 3.63) is 59.7 Å². The largest absolute Gasteiger partial charge is 0.378 e. The molecule has 0 aromatic heterocycles. The molecule has 0 radical (unpaired) electrons. The minimum absolute atomic E-state index is 0.0375. The van der Waals surface area contributed by atoms with Gasteiger partial charge in [-0.25, -0.2) is 0 Å². The highest BCUT2D eigenvalue weighted by atomic mass is 16.2. The van der Waals surface area contributed by atoms with Crippen molar-refractivity contribution < 1.29 is 4.79 Å². The maximum Gasteiger partial charge on any atom is 0.258 e. The summed E-state index contributed by atoms with van der Waals surface area (Å²) in [5.41, 5.74) is 3.82. The first-order chi connectivity index (χ1) is 10.0. The van der Waals surface area contributed by atoms with Crippen LogP contribution in [-0.4, -0.2) is 26.5 Å². The molecule has 3 heteroatoms. The van der Waals surface area contributed by atoms with Gasteiger partial charge < -0.3 is 9.80 Å². The molecule has 110 valence electrons. The fourth-order valence-electron chi connectivity index (χ4n) is 2.36. The zero-order valence-corrected chi connectivity index (χ0v) is 13.1. The number of carbonyl (C=O) groups is 1. The van der Waals surface area contributed by atoms with Gasteiger partial charge in [0.2, 0.25) is 0 Å². The van der Waals surface area contributed by atoms with E-state index in [1.54, 1.807) is 0 Å². The van der Waals surface area contributed by atoms with Crippen molar-refractivity contribution in [1.29, 1.82) is 0 Å². The van der Waals surface area contributed by atoms with Crippen LogP contribution in [-0.2, 0) is 0 Å². The molecule has 0 aliphatic heterocycles. The number of hydrogen-bond donors (Lipinski definition) is 0. The second-order valence-electron chi connectivity index (χ2n) is 5.28. The van der Waals surface area contributed by atoms with E-state index in [-0.39, 0.29) is 5.91 Å². The molecule has 0 N–H and O–H groups in total. The quantitative estimate of drug-likeness (QED) is 0.853. The molecule has 0 unspecified atom stereocenters. The van der Waals surface area contributed by atoms with Gasteiger partial charge in [0.1, 0.15) is 0 Å². The number of amides is 1. The molecule has 1 amide bonds. The molecule has 0 fully saturated rings. The molecule has 0 bridgehead atoms. The Hall–Kier alpha value is -2.29. The van der Waals surface area contributed by atoms with Crippen LogP contribution in [0.3, 0.4) is 0 Å². The van der Waals surface area contributed by atoms with Crippen LogP contribution >= 0.6 is 0 Å². The summed E-state index contributed by atoms with van der Waals surface area (Å²) in [5.74, 6) is 0.0375. The number of nitrogens with zero attached hydrogens (tertiary/aromatic N) is 2. The van der Waals surface area contributed by atoms with Gasteiger partial charge in [-0.3, -0.25) is 4.79 Å². The van der Waals surface area contributed by atoms with Crippen molar-refractivity contribution in [3.8, 4) is 0 Å². The Morgan fingerprint density at radius 1 is 1.05 bits per heavy atom. The maximum absolute atomic E-state index is 12.8. The third-order valence-electron chi connectivity index (χ3n) is 3.58. The van der Waals surface area contributed by atoms with Gasteiger partial charge in [0.05, 0.1) is 0 Å². The van der Waals surface area contributed by atoms with Gasteiger partial charge in [0.25, 0.3) is 5.91 Å². The number of rotatable bonds is 4. The lowest BCUT2D eigenvalue weighted by Gasteiger charge is -2.23. The average Bonchev–Trinajstić information content (AvgIpc) is 2.50. The highest BCUT2D eigenvalue weighted by Crippen LogP contribution is 2.22. The number of para-hydroxylation sites is 1. The SMILES string of the molecule is CCN(C(=O)c1cccc(N(C)C)c1)c1ccccc1C. The number of benzene rings is 2. The van der Waals surface area contributed by atoms with Crippen LogP contribution in [0.25, 0.3) is 0 Å². The molecule has 3 nitrogen and oxygen atoms in total. The monoisotopic (exact) mass is 282 g/mol. The highest BCUT2D eigenvalue weighted by Gasteiger charge is 2.17. The fourth-order valence-corrected chi connectivity index (χ4v) is 2.36. The molecule has 0 saturated carbocycles. The first-order valence-electron chi connectivity index (χ1n) is 7.19. The van der Waals surface area contributed by atoms with Gasteiger partial charge in [-0.1, -0.05) is 24.3 Å². The summed E-state index contributed by atoms with van der Waals surface area (Å²) in [6, 6.07) is 15.7. The summed E-state index contributed by atoms with van der Waals surface area (Å²) < 4.78 is 0. The van der Waals surface area contributed by atoms with Crippen LogP contribution in [0.1, 0.15) is 22.8 Å². The Morgan fingerprint density at radius 2 is 1.76 bits per heavy atom. The van der Waals surface area contributed by atoms with E-state index in [1.165, 1.54) is 0 Å². The molecule has 0 aliphatic rings. The van der Waals surface area contributed by atoms with Crippen molar-refractivity contribution >= 4 is 17.3 Å². The summed E-state index contributed by atoms with van der Waals surface area (Å²) >= 11 is 0. The van der Waals surface area contributed by atoms with E-state index in [2.05, 4.69) is 0 Å². The third-order valence-corrected chi connectivity index (χ3v) is 3.58. The fraction of sp³-hybridized carbons (Fsp3) is 0.278. The molecule has 2 rings (SSSR count). The van der Waals surface area contributed by atoms with E-state index in [1.807, 2.05) is 86.3 Å². The summed E-state index contributed by atoms with van der Waals surface area (Å²) in [6.45, 7) is 4.68. The topological polar surface area (TPSA) is 23.6 Å². The molecule has 2 aromatic carbocycles. The third kappa shape index (κ3) is 3.24. The zero-order chi connectivity index (χ0) is 15.4. The van der Waals surface area contributed by atoms with Gasteiger partial charge in [-0.2, -0.15) is 0 Å². The van der Waals surface area contributed by atoms with Crippen LogP contribution in [0.2, 0.25) is 0 Å². The van der Waals surface area contributed by atoms with E-state index >= 15 is 0 Å². The van der Waals surface area contributed by atoms with E-state index in [9.17, 15) is 4.79 Å². The summed E-state index contributed by atoms with van der Waals surface area (Å²) in [7, 11) is 3.95. The second-order valence-corrected chi connectivity index (χ2v) is 5.28. The van der Waals surface area contributed by atoms with Crippen molar-refractivity contribution in [2.24, 2.45) is 0 Å². The van der Waals surface area contributed by atoms with Gasteiger partial charge in [-0.05, 0) is 43.7 Å². The predicted octanol–water partition coefficient (Wildman–Crippen LogP) is 3.73. The number of aryl methyl sites for hydroxylation is 1. The van der Waals surface area contributed by atoms with Gasteiger partial charge >= 0.3 is 0 Å². The highest BCUT2D eigenvalue weighted by molar-refractivity contribution is 6.06. The smallest absolute Gasteiger partial charge is 0.258 e. The molecule has 0 heterocycles. The van der Waals surface area contributed by atoms with Crippen molar-refractivity contribution in [2.45, 2.75) is 13.8 Å². The van der Waals surface area contributed by atoms with Crippen LogP contribution in [0, 0.1) is 6.92 Å².